The van der Waals surface area contributed by atoms with Gasteiger partial charge in [0.05, 0.1) is 16.8 Å². The third kappa shape index (κ3) is 3.00. The van der Waals surface area contributed by atoms with Crippen LogP contribution in [0.2, 0.25) is 5.02 Å². The number of methoxy groups -OCH3 is 1. The summed E-state index contributed by atoms with van der Waals surface area (Å²) in [6.07, 6.45) is 0. The lowest BCUT2D eigenvalue weighted by Gasteiger charge is -2.02. The highest BCUT2D eigenvalue weighted by atomic mass is 35.5. The Morgan fingerprint density at radius 2 is 2.16 bits per heavy atom. The molecule has 0 unspecified atom stereocenters. The van der Waals surface area contributed by atoms with Crippen LogP contribution in [0, 0.1) is 0 Å². The molecule has 0 aliphatic carbocycles. The van der Waals surface area contributed by atoms with Crippen LogP contribution in [0.5, 0.6) is 0 Å². The quantitative estimate of drug-likeness (QED) is 0.541. The first-order valence-electron chi connectivity index (χ1n) is 7.52. The van der Waals surface area contributed by atoms with Crippen molar-refractivity contribution in [3.8, 4) is 0 Å². The number of nitrogens with one attached hydrogen (secondary N) is 1. The van der Waals surface area contributed by atoms with E-state index in [0.29, 0.717) is 15.7 Å². The highest BCUT2D eigenvalue weighted by Crippen LogP contribution is 2.30. The minimum Gasteiger partial charge on any atom is -0.451 e. The zero-order valence-electron chi connectivity index (χ0n) is 13.2. The lowest BCUT2D eigenvalue weighted by Crippen LogP contribution is -2.13. The number of carbonyl (C=O) groups is 1. The maximum Gasteiger partial charge on any atom is 0.293 e. The zero-order chi connectivity index (χ0) is 17.4. The Morgan fingerprint density at radius 3 is 3.00 bits per heavy atom. The van der Waals surface area contributed by atoms with Gasteiger partial charge < -0.3 is 9.15 Å². The van der Waals surface area contributed by atoms with Crippen molar-refractivity contribution >= 4 is 55.2 Å². The average Bonchev–Trinajstić information content (AvgIpc) is 3.16. The molecule has 1 N–H and O–H groups in total. The second-order valence-corrected chi connectivity index (χ2v) is 6.89. The molecule has 7 heteroatoms. The Bertz CT molecular complexity index is 1090. The van der Waals surface area contributed by atoms with E-state index in [9.17, 15) is 4.79 Å². The number of furan rings is 1. The van der Waals surface area contributed by atoms with Gasteiger partial charge in [-0.05, 0) is 24.3 Å². The van der Waals surface area contributed by atoms with Crippen molar-refractivity contribution < 1.29 is 13.9 Å². The summed E-state index contributed by atoms with van der Waals surface area (Å²) in [6, 6.07) is 12.9. The number of para-hydroxylation sites is 1. The van der Waals surface area contributed by atoms with E-state index in [0.717, 1.165) is 21.2 Å². The van der Waals surface area contributed by atoms with Gasteiger partial charge in [-0.25, -0.2) is 4.98 Å². The van der Waals surface area contributed by atoms with E-state index in [1.807, 2.05) is 36.4 Å². The van der Waals surface area contributed by atoms with Crippen molar-refractivity contribution in [3.63, 3.8) is 0 Å². The fraction of sp³-hybridized carbons (Fsp3) is 0.111. The molecule has 0 aliphatic rings. The van der Waals surface area contributed by atoms with Gasteiger partial charge in [0.1, 0.15) is 5.58 Å². The lowest BCUT2D eigenvalue weighted by molar-refractivity contribution is 0.0992. The van der Waals surface area contributed by atoms with Gasteiger partial charge in [0, 0.05) is 23.1 Å². The van der Waals surface area contributed by atoms with Crippen LogP contribution in [0.25, 0.3) is 21.2 Å². The number of anilines is 1. The molecular weight excluding hydrogens is 360 g/mol. The number of rotatable bonds is 4. The Hall–Kier alpha value is -2.41. The first-order chi connectivity index (χ1) is 12.2. The maximum atomic E-state index is 12.7. The van der Waals surface area contributed by atoms with Crippen molar-refractivity contribution in [2.75, 3.05) is 12.4 Å². The largest absolute Gasteiger partial charge is 0.451 e. The molecule has 0 aliphatic heterocycles. The van der Waals surface area contributed by atoms with Crippen molar-refractivity contribution in [1.82, 2.24) is 4.98 Å². The predicted octanol–water partition coefficient (Wildman–Crippen LogP) is 5.09. The summed E-state index contributed by atoms with van der Waals surface area (Å²) in [6.45, 7) is 0.287. The monoisotopic (exact) mass is 372 g/mol. The number of ether oxygens (including phenoxy) is 1. The lowest BCUT2D eigenvalue weighted by atomic mass is 10.1. The summed E-state index contributed by atoms with van der Waals surface area (Å²) in [5, 5.41) is 4.79. The molecule has 4 rings (SSSR count). The molecule has 4 aromatic rings. The van der Waals surface area contributed by atoms with Gasteiger partial charge in [-0.2, -0.15) is 0 Å². The SMILES string of the molecule is COCc1c(C(=O)Nc2nc3ccc(Cl)cc3s2)oc2ccccc12. The molecule has 1 amide bonds. The molecule has 0 spiro atoms. The second-order valence-electron chi connectivity index (χ2n) is 5.42. The van der Waals surface area contributed by atoms with Gasteiger partial charge in [0.2, 0.25) is 0 Å². The summed E-state index contributed by atoms with van der Waals surface area (Å²) in [5.74, 6) is -0.117. The van der Waals surface area contributed by atoms with E-state index < -0.39 is 0 Å². The Kier molecular flexibility index (Phi) is 4.17. The summed E-state index contributed by atoms with van der Waals surface area (Å²) in [4.78, 5) is 17.1. The van der Waals surface area contributed by atoms with Crippen LogP contribution in [0.15, 0.2) is 46.9 Å². The standard InChI is InChI=1S/C18H13ClN2O3S/c1-23-9-12-11-4-2-3-5-14(11)24-16(12)17(22)21-18-20-13-7-6-10(19)8-15(13)25-18/h2-8H,9H2,1H3,(H,20,21,22). The van der Waals surface area contributed by atoms with Crippen molar-refractivity contribution in [1.29, 1.82) is 0 Å². The molecule has 5 nitrogen and oxygen atoms in total. The van der Waals surface area contributed by atoms with Crippen LogP contribution < -0.4 is 5.32 Å². The Balaban J connectivity index is 1.70. The fourth-order valence-electron chi connectivity index (χ4n) is 2.68. The third-order valence-corrected chi connectivity index (χ3v) is 4.93. The molecule has 25 heavy (non-hydrogen) atoms. The Morgan fingerprint density at radius 1 is 1.32 bits per heavy atom. The molecule has 126 valence electrons. The van der Waals surface area contributed by atoms with Crippen LogP contribution in [-0.4, -0.2) is 18.0 Å². The summed E-state index contributed by atoms with van der Waals surface area (Å²) in [7, 11) is 1.58. The van der Waals surface area contributed by atoms with Crippen LogP contribution in [-0.2, 0) is 11.3 Å². The minimum atomic E-state index is -0.353. The predicted molar refractivity (Wildman–Crippen MR) is 99.5 cm³/mol. The van der Waals surface area contributed by atoms with Gasteiger partial charge in [-0.15, -0.1) is 0 Å². The smallest absolute Gasteiger partial charge is 0.293 e. The summed E-state index contributed by atoms with van der Waals surface area (Å²) in [5.41, 5.74) is 2.15. The molecule has 2 heterocycles. The van der Waals surface area contributed by atoms with Gasteiger partial charge >= 0.3 is 0 Å². The average molecular weight is 373 g/mol. The number of halogens is 1. The topological polar surface area (TPSA) is 64.4 Å². The molecule has 0 atom stereocenters. The Labute approximate surface area is 152 Å². The van der Waals surface area contributed by atoms with Gasteiger partial charge in [-0.1, -0.05) is 41.1 Å². The third-order valence-electron chi connectivity index (χ3n) is 3.76. The normalized spacial score (nSPS) is 11.3. The number of nitrogens with zero attached hydrogens (tertiary/aromatic N) is 1. The number of aromatic nitrogens is 1. The van der Waals surface area contributed by atoms with E-state index in [-0.39, 0.29) is 18.3 Å². The zero-order valence-corrected chi connectivity index (χ0v) is 14.8. The summed E-state index contributed by atoms with van der Waals surface area (Å²) < 4.78 is 11.9. The molecule has 0 radical (unpaired) electrons. The number of thiazole rings is 1. The molecule has 0 bridgehead atoms. The first kappa shape index (κ1) is 16.1. The number of hydrogen-bond acceptors (Lipinski definition) is 5. The van der Waals surface area contributed by atoms with E-state index in [4.69, 9.17) is 20.8 Å². The molecule has 0 saturated carbocycles. The fourth-order valence-corrected chi connectivity index (χ4v) is 3.81. The molecular formula is C18H13ClN2O3S. The second kappa shape index (κ2) is 6.48. The number of amides is 1. The van der Waals surface area contributed by atoms with Crippen molar-refractivity contribution in [2.24, 2.45) is 0 Å². The van der Waals surface area contributed by atoms with E-state index in [2.05, 4.69) is 10.3 Å². The minimum absolute atomic E-state index is 0.236. The molecule has 2 aromatic carbocycles. The van der Waals surface area contributed by atoms with Crippen molar-refractivity contribution in [3.05, 3.63) is 58.8 Å². The van der Waals surface area contributed by atoms with E-state index in [1.54, 1.807) is 13.2 Å². The van der Waals surface area contributed by atoms with Gasteiger partial charge in [0.15, 0.2) is 10.9 Å². The first-order valence-corrected chi connectivity index (χ1v) is 8.72. The van der Waals surface area contributed by atoms with Crippen LogP contribution >= 0.6 is 22.9 Å². The molecule has 2 aromatic heterocycles. The van der Waals surface area contributed by atoms with E-state index >= 15 is 0 Å². The maximum absolute atomic E-state index is 12.7. The molecule has 0 saturated heterocycles. The van der Waals surface area contributed by atoms with Crippen molar-refractivity contribution in [2.45, 2.75) is 6.61 Å². The summed E-state index contributed by atoms with van der Waals surface area (Å²) >= 11 is 7.35. The van der Waals surface area contributed by atoms with E-state index in [1.165, 1.54) is 11.3 Å². The number of fused-ring (bicyclic) bond motifs is 2. The van der Waals surface area contributed by atoms with Crippen LogP contribution in [0.3, 0.4) is 0 Å². The van der Waals surface area contributed by atoms with Crippen LogP contribution in [0.1, 0.15) is 16.1 Å². The van der Waals surface area contributed by atoms with Gasteiger partial charge in [0.25, 0.3) is 5.91 Å². The highest BCUT2D eigenvalue weighted by molar-refractivity contribution is 7.22. The number of benzene rings is 2. The number of hydrogen-bond donors (Lipinski definition) is 1. The highest BCUT2D eigenvalue weighted by Gasteiger charge is 2.21. The number of carbonyl (C=O) groups excluding carboxylic acids is 1. The molecule has 0 fully saturated rings. The van der Waals surface area contributed by atoms with Crippen LogP contribution in [0.4, 0.5) is 5.13 Å². The van der Waals surface area contributed by atoms with Gasteiger partial charge in [-0.3, -0.25) is 10.1 Å².